The summed E-state index contributed by atoms with van der Waals surface area (Å²) in [6.45, 7) is -0.0801. The normalized spacial score (nSPS) is 9.67. The van der Waals surface area contributed by atoms with Gasteiger partial charge in [-0.2, -0.15) is 5.26 Å². The highest BCUT2D eigenvalue weighted by Crippen LogP contribution is 2.25. The smallest absolute Gasteiger partial charge is 0.255 e. The first-order valence-corrected chi connectivity index (χ1v) is 6.03. The fourth-order valence-electron chi connectivity index (χ4n) is 1.65. The van der Waals surface area contributed by atoms with E-state index in [0.717, 1.165) is 0 Å². The number of nitrogens with zero attached hydrogens (tertiary/aromatic N) is 1. The number of benzene rings is 2. The number of rotatable bonds is 4. The van der Waals surface area contributed by atoms with Crippen LogP contribution in [-0.2, 0) is 0 Å². The number of hydrogen-bond donors (Lipinski definition) is 3. The van der Waals surface area contributed by atoms with Crippen LogP contribution >= 0.6 is 0 Å². The maximum Gasteiger partial charge on any atom is 0.255 e. The van der Waals surface area contributed by atoms with Crippen LogP contribution in [0.15, 0.2) is 42.5 Å². The van der Waals surface area contributed by atoms with Crippen molar-refractivity contribution in [2.75, 3.05) is 11.9 Å². The van der Waals surface area contributed by atoms with Crippen LogP contribution in [0.5, 0.6) is 17.2 Å². The first-order chi connectivity index (χ1) is 10.1. The second-order valence-electron chi connectivity index (χ2n) is 4.13. The van der Waals surface area contributed by atoms with Crippen molar-refractivity contribution in [1.29, 1.82) is 5.26 Å². The molecule has 0 radical (unpaired) electrons. The number of phenols is 2. The second-order valence-corrected chi connectivity index (χ2v) is 4.13. The first-order valence-electron chi connectivity index (χ1n) is 6.03. The highest BCUT2D eigenvalue weighted by Gasteiger charge is 2.09. The molecule has 0 aromatic heterocycles. The molecule has 0 aliphatic carbocycles. The third-order valence-corrected chi connectivity index (χ3v) is 2.63. The van der Waals surface area contributed by atoms with Crippen LogP contribution < -0.4 is 10.1 Å². The topological polar surface area (TPSA) is 103 Å². The average Bonchev–Trinajstić information content (AvgIpc) is 2.48. The molecule has 106 valence electrons. The van der Waals surface area contributed by atoms with Gasteiger partial charge in [0, 0.05) is 17.3 Å². The standard InChI is InChI=1S/C15H12N2O4/c16-6-7-21-12-3-1-2-11(9-12)17-15(20)10-4-5-13(18)14(19)8-10/h1-5,8-9,18-19H,7H2,(H,17,20). The lowest BCUT2D eigenvalue weighted by atomic mass is 10.2. The van der Waals surface area contributed by atoms with Crippen molar-refractivity contribution in [3.05, 3.63) is 48.0 Å². The van der Waals surface area contributed by atoms with Crippen LogP contribution in [0.3, 0.4) is 0 Å². The molecule has 6 nitrogen and oxygen atoms in total. The summed E-state index contributed by atoms with van der Waals surface area (Å²) in [5.41, 5.74) is 0.691. The Balaban J connectivity index is 2.12. The molecule has 1 amide bonds. The van der Waals surface area contributed by atoms with Crippen molar-refractivity contribution in [2.45, 2.75) is 0 Å². The van der Waals surface area contributed by atoms with Crippen LogP contribution in [-0.4, -0.2) is 22.7 Å². The fraction of sp³-hybridized carbons (Fsp3) is 0.0667. The molecule has 0 saturated heterocycles. The Kier molecular flexibility index (Phi) is 4.26. The molecule has 0 saturated carbocycles. The monoisotopic (exact) mass is 284 g/mol. The van der Waals surface area contributed by atoms with Crippen LogP contribution in [0.25, 0.3) is 0 Å². The van der Waals surface area contributed by atoms with Crippen molar-refractivity contribution in [2.24, 2.45) is 0 Å². The van der Waals surface area contributed by atoms with Crippen molar-refractivity contribution in [1.82, 2.24) is 0 Å². The molecule has 0 unspecified atom stereocenters. The minimum atomic E-state index is -0.442. The van der Waals surface area contributed by atoms with E-state index >= 15 is 0 Å². The number of aromatic hydroxyl groups is 2. The van der Waals surface area contributed by atoms with Gasteiger partial charge in [0.15, 0.2) is 18.1 Å². The molecule has 21 heavy (non-hydrogen) atoms. The molecular formula is C15H12N2O4. The quantitative estimate of drug-likeness (QED) is 0.747. The maximum absolute atomic E-state index is 12.0. The van der Waals surface area contributed by atoms with E-state index in [1.807, 2.05) is 6.07 Å². The Bertz CT molecular complexity index is 707. The number of anilines is 1. The van der Waals surface area contributed by atoms with Gasteiger partial charge in [0.25, 0.3) is 5.91 Å². The predicted octanol–water partition coefficient (Wildman–Crippen LogP) is 2.25. The van der Waals surface area contributed by atoms with Gasteiger partial charge < -0.3 is 20.3 Å². The summed E-state index contributed by atoms with van der Waals surface area (Å²) >= 11 is 0. The number of nitrogens with one attached hydrogen (secondary N) is 1. The summed E-state index contributed by atoms with van der Waals surface area (Å²) in [6, 6.07) is 12.2. The van der Waals surface area contributed by atoms with Gasteiger partial charge in [-0.05, 0) is 30.3 Å². The summed E-state index contributed by atoms with van der Waals surface area (Å²) in [6.07, 6.45) is 0. The molecule has 0 heterocycles. The lowest BCUT2D eigenvalue weighted by Gasteiger charge is -2.08. The van der Waals surface area contributed by atoms with Crippen LogP contribution in [0, 0.1) is 11.3 Å². The summed E-state index contributed by atoms with van der Waals surface area (Å²) in [5, 5.41) is 29.7. The lowest BCUT2D eigenvalue weighted by Crippen LogP contribution is -2.11. The number of phenolic OH excluding ortho intramolecular Hbond substituents is 2. The Morgan fingerprint density at radius 2 is 2.00 bits per heavy atom. The average molecular weight is 284 g/mol. The SMILES string of the molecule is N#CCOc1cccc(NC(=O)c2ccc(O)c(O)c2)c1. The van der Waals surface area contributed by atoms with Crippen LogP contribution in [0.4, 0.5) is 5.69 Å². The van der Waals surface area contributed by atoms with Crippen molar-refractivity contribution in [3.63, 3.8) is 0 Å². The highest BCUT2D eigenvalue weighted by molar-refractivity contribution is 6.04. The molecule has 0 aliphatic heterocycles. The van der Waals surface area contributed by atoms with Gasteiger partial charge in [0.1, 0.15) is 11.8 Å². The minimum Gasteiger partial charge on any atom is -0.504 e. The molecule has 2 aromatic carbocycles. The Labute approximate surface area is 120 Å². The molecule has 2 rings (SSSR count). The molecule has 2 aromatic rings. The third-order valence-electron chi connectivity index (χ3n) is 2.63. The molecular weight excluding hydrogens is 272 g/mol. The van der Waals surface area contributed by atoms with Crippen molar-refractivity contribution in [3.8, 4) is 23.3 Å². The van der Waals surface area contributed by atoms with Gasteiger partial charge >= 0.3 is 0 Å². The minimum absolute atomic E-state index is 0.0801. The number of carbonyl (C=O) groups is 1. The zero-order valence-electron chi connectivity index (χ0n) is 10.9. The van der Waals surface area contributed by atoms with Crippen LogP contribution in [0.1, 0.15) is 10.4 Å². The van der Waals surface area contributed by atoms with Crippen molar-refractivity contribution >= 4 is 11.6 Å². The second kappa shape index (κ2) is 6.30. The van der Waals surface area contributed by atoms with Gasteiger partial charge in [-0.25, -0.2) is 0 Å². The largest absolute Gasteiger partial charge is 0.504 e. The van der Waals surface area contributed by atoms with E-state index < -0.39 is 5.91 Å². The van der Waals surface area contributed by atoms with E-state index in [4.69, 9.17) is 10.00 Å². The summed E-state index contributed by atoms with van der Waals surface area (Å²) < 4.78 is 5.13. The predicted molar refractivity (Wildman–Crippen MR) is 75.3 cm³/mol. The van der Waals surface area contributed by atoms with Crippen molar-refractivity contribution < 1.29 is 19.7 Å². The third kappa shape index (κ3) is 3.64. The van der Waals surface area contributed by atoms with Gasteiger partial charge in [-0.1, -0.05) is 6.07 Å². The molecule has 0 fully saturated rings. The Hall–Kier alpha value is -3.20. The van der Waals surface area contributed by atoms with Crippen LogP contribution in [0.2, 0.25) is 0 Å². The Morgan fingerprint density at radius 1 is 1.19 bits per heavy atom. The number of nitriles is 1. The molecule has 0 spiro atoms. The van der Waals surface area contributed by atoms with Gasteiger partial charge in [0.2, 0.25) is 0 Å². The summed E-state index contributed by atoms with van der Waals surface area (Å²) in [4.78, 5) is 12.0. The van der Waals surface area contributed by atoms with Gasteiger partial charge in [-0.3, -0.25) is 4.79 Å². The molecule has 3 N–H and O–H groups in total. The van der Waals surface area contributed by atoms with Gasteiger partial charge in [-0.15, -0.1) is 0 Å². The number of hydrogen-bond acceptors (Lipinski definition) is 5. The number of ether oxygens (including phenoxy) is 1. The Morgan fingerprint density at radius 3 is 2.71 bits per heavy atom. The molecule has 0 aliphatic rings. The maximum atomic E-state index is 12.0. The van der Waals surface area contributed by atoms with E-state index in [9.17, 15) is 15.0 Å². The van der Waals surface area contributed by atoms with Gasteiger partial charge in [0.05, 0.1) is 0 Å². The lowest BCUT2D eigenvalue weighted by molar-refractivity contribution is 0.102. The first kappa shape index (κ1) is 14.2. The number of carbonyl (C=O) groups excluding carboxylic acids is 1. The zero-order chi connectivity index (χ0) is 15.2. The molecule has 0 atom stereocenters. The highest BCUT2D eigenvalue weighted by atomic mass is 16.5. The van der Waals surface area contributed by atoms with E-state index in [0.29, 0.717) is 11.4 Å². The number of amides is 1. The molecule has 6 heteroatoms. The van der Waals surface area contributed by atoms with E-state index in [-0.39, 0.29) is 23.7 Å². The fourth-order valence-corrected chi connectivity index (χ4v) is 1.65. The summed E-state index contributed by atoms with van der Waals surface area (Å²) in [7, 11) is 0. The van der Waals surface area contributed by atoms with E-state index in [1.54, 1.807) is 24.3 Å². The summed E-state index contributed by atoms with van der Waals surface area (Å²) in [5.74, 6) is -0.641. The van der Waals surface area contributed by atoms with E-state index in [2.05, 4.69) is 5.32 Å². The molecule has 0 bridgehead atoms. The van der Waals surface area contributed by atoms with E-state index in [1.165, 1.54) is 18.2 Å². The zero-order valence-corrected chi connectivity index (χ0v) is 10.9.